The second kappa shape index (κ2) is 7.26. The van der Waals surface area contributed by atoms with Crippen molar-refractivity contribution in [3.8, 4) is 11.4 Å². The molecule has 0 amide bonds. The number of hydrogen-bond donors (Lipinski definition) is 4. The molecule has 5 heterocycles. The smallest absolute Gasteiger partial charge is 0.276 e. The van der Waals surface area contributed by atoms with Gasteiger partial charge in [0.1, 0.15) is 5.69 Å². The summed E-state index contributed by atoms with van der Waals surface area (Å²) in [6.07, 6.45) is 10.2. The number of rotatable bonds is 5. The minimum atomic E-state index is -0.924. The van der Waals surface area contributed by atoms with E-state index in [9.17, 15) is 4.79 Å². The fourth-order valence-electron chi connectivity index (χ4n) is 3.90. The van der Waals surface area contributed by atoms with E-state index in [1.54, 1.807) is 12.3 Å². The summed E-state index contributed by atoms with van der Waals surface area (Å²) in [5, 5.41) is 18.1. The largest absolute Gasteiger partial charge is 0.359 e. The number of allylic oxidation sites excluding steroid dienone is 1. The molecule has 2 aliphatic heterocycles. The number of anilines is 1. The summed E-state index contributed by atoms with van der Waals surface area (Å²) in [5.41, 5.74) is 1.27. The highest BCUT2D eigenvalue weighted by molar-refractivity contribution is 5.72. The Morgan fingerprint density at radius 1 is 1.37 bits per heavy atom. The van der Waals surface area contributed by atoms with Crippen LogP contribution in [-0.4, -0.2) is 48.9 Å². The lowest BCUT2D eigenvalue weighted by Crippen LogP contribution is -2.61. The van der Waals surface area contributed by atoms with Crippen molar-refractivity contribution in [1.29, 1.82) is 0 Å². The highest BCUT2D eigenvalue weighted by atomic mass is 16.5. The summed E-state index contributed by atoms with van der Waals surface area (Å²) in [7, 11) is 0. The SMILES string of the molecule is Cc1cc(NC2(N3CCCC3c3cc(-c4ncc[nH]c4=O)no3)N=CC=CN2)n[nH]1. The average Bonchev–Trinajstić information content (AvgIpc) is 3.49. The maximum Gasteiger partial charge on any atom is 0.276 e. The minimum Gasteiger partial charge on any atom is -0.359 e. The van der Waals surface area contributed by atoms with Crippen LogP contribution in [0.4, 0.5) is 5.82 Å². The van der Waals surface area contributed by atoms with Crippen molar-refractivity contribution in [3.63, 3.8) is 0 Å². The second-order valence-corrected chi connectivity index (χ2v) is 7.25. The van der Waals surface area contributed by atoms with Gasteiger partial charge < -0.3 is 20.1 Å². The normalized spacial score (nSPS) is 23.6. The van der Waals surface area contributed by atoms with Crippen molar-refractivity contribution < 1.29 is 4.52 Å². The van der Waals surface area contributed by atoms with Crippen LogP contribution in [0.5, 0.6) is 0 Å². The van der Waals surface area contributed by atoms with Crippen molar-refractivity contribution >= 4 is 12.0 Å². The van der Waals surface area contributed by atoms with Gasteiger partial charge in [-0.1, -0.05) is 5.16 Å². The molecule has 0 radical (unpaired) electrons. The van der Waals surface area contributed by atoms with Gasteiger partial charge in [-0.05, 0) is 25.8 Å². The van der Waals surface area contributed by atoms with E-state index in [0.717, 1.165) is 25.1 Å². The number of aromatic nitrogens is 5. The molecule has 3 aromatic heterocycles. The molecule has 30 heavy (non-hydrogen) atoms. The molecule has 2 atom stereocenters. The summed E-state index contributed by atoms with van der Waals surface area (Å²) < 4.78 is 5.65. The summed E-state index contributed by atoms with van der Waals surface area (Å²) in [6, 6.07) is 3.59. The van der Waals surface area contributed by atoms with Gasteiger partial charge in [-0.3, -0.25) is 9.89 Å². The van der Waals surface area contributed by atoms with Crippen LogP contribution in [-0.2, 0) is 0 Å². The molecule has 5 rings (SSSR count). The molecule has 154 valence electrons. The Morgan fingerprint density at radius 3 is 3.07 bits per heavy atom. The van der Waals surface area contributed by atoms with Gasteiger partial charge in [0.2, 0.25) is 0 Å². The van der Waals surface area contributed by atoms with E-state index < -0.39 is 5.91 Å². The van der Waals surface area contributed by atoms with E-state index in [1.165, 1.54) is 12.4 Å². The van der Waals surface area contributed by atoms with Crippen molar-refractivity contribution in [2.24, 2.45) is 4.99 Å². The lowest BCUT2D eigenvalue weighted by molar-refractivity contribution is 0.0716. The van der Waals surface area contributed by atoms with E-state index >= 15 is 0 Å². The van der Waals surface area contributed by atoms with E-state index in [-0.39, 0.29) is 17.3 Å². The first-order chi connectivity index (χ1) is 14.6. The fourth-order valence-corrected chi connectivity index (χ4v) is 3.90. The standard InChI is InChI=1S/C19H21N9O2/c1-12-10-16(26-25-12)24-19(22-5-3-6-23-19)28-9-2-4-14(28)15-11-13(27-30-15)17-18(29)21-8-7-20-17/h3,5-8,10-11,14,22H,2,4,9H2,1H3,(H,21,29)(H2,24,25,26). The molecule has 4 N–H and O–H groups in total. The van der Waals surface area contributed by atoms with E-state index in [0.29, 0.717) is 17.3 Å². The Labute approximate surface area is 171 Å². The Balaban J connectivity index is 1.48. The Bertz CT molecular complexity index is 1160. The number of likely N-dealkylation sites (tertiary alicyclic amines) is 1. The van der Waals surface area contributed by atoms with E-state index in [1.807, 2.05) is 25.3 Å². The van der Waals surface area contributed by atoms with Crippen LogP contribution >= 0.6 is 0 Å². The molecular weight excluding hydrogens is 386 g/mol. The van der Waals surface area contributed by atoms with Crippen LogP contribution in [0.25, 0.3) is 11.4 Å². The summed E-state index contributed by atoms with van der Waals surface area (Å²) in [4.78, 5) is 25.7. The van der Waals surface area contributed by atoms with Crippen molar-refractivity contribution in [2.75, 3.05) is 11.9 Å². The molecule has 2 aliphatic rings. The maximum absolute atomic E-state index is 12.1. The molecule has 1 saturated heterocycles. The number of aromatic amines is 2. The predicted molar refractivity (Wildman–Crippen MR) is 109 cm³/mol. The monoisotopic (exact) mass is 407 g/mol. The lowest BCUT2D eigenvalue weighted by Gasteiger charge is -2.42. The quantitative estimate of drug-likeness (QED) is 0.499. The molecule has 1 fully saturated rings. The van der Waals surface area contributed by atoms with Gasteiger partial charge in [-0.15, -0.1) is 0 Å². The Hall–Kier alpha value is -3.73. The highest BCUT2D eigenvalue weighted by Crippen LogP contribution is 2.38. The first kappa shape index (κ1) is 18.3. The molecule has 0 aromatic carbocycles. The number of H-pyrrole nitrogens is 2. The van der Waals surface area contributed by atoms with Crippen LogP contribution in [0.2, 0.25) is 0 Å². The molecule has 11 nitrogen and oxygen atoms in total. The first-order valence-corrected chi connectivity index (χ1v) is 9.70. The summed E-state index contributed by atoms with van der Waals surface area (Å²) in [5.74, 6) is 0.405. The van der Waals surface area contributed by atoms with Gasteiger partial charge >= 0.3 is 0 Å². The molecular formula is C19H21N9O2. The zero-order valence-electron chi connectivity index (χ0n) is 16.3. The van der Waals surface area contributed by atoms with Crippen molar-refractivity contribution in [1.82, 2.24) is 35.5 Å². The van der Waals surface area contributed by atoms with Crippen LogP contribution in [0.3, 0.4) is 0 Å². The highest BCUT2D eigenvalue weighted by Gasteiger charge is 2.45. The Kier molecular flexibility index (Phi) is 4.43. The molecule has 3 aromatic rings. The van der Waals surface area contributed by atoms with Crippen molar-refractivity contribution in [2.45, 2.75) is 31.7 Å². The number of nitrogens with zero attached hydrogens (tertiary/aromatic N) is 5. The van der Waals surface area contributed by atoms with Gasteiger partial charge in [0.05, 0.1) is 6.04 Å². The second-order valence-electron chi connectivity index (χ2n) is 7.25. The van der Waals surface area contributed by atoms with Gasteiger partial charge in [0.25, 0.3) is 11.5 Å². The summed E-state index contributed by atoms with van der Waals surface area (Å²) >= 11 is 0. The third-order valence-corrected chi connectivity index (χ3v) is 5.21. The molecule has 11 heteroatoms. The van der Waals surface area contributed by atoms with Gasteiger partial charge in [0.15, 0.2) is 17.3 Å². The van der Waals surface area contributed by atoms with Crippen LogP contribution < -0.4 is 16.2 Å². The molecule has 0 spiro atoms. The number of aryl methyl sites for hydroxylation is 1. The molecule has 0 bridgehead atoms. The number of aliphatic imine (C=N–C) groups is 1. The first-order valence-electron chi connectivity index (χ1n) is 9.70. The zero-order chi connectivity index (χ0) is 20.6. The van der Waals surface area contributed by atoms with Crippen LogP contribution in [0, 0.1) is 6.92 Å². The third kappa shape index (κ3) is 3.18. The fraction of sp³-hybridized carbons (Fsp3) is 0.316. The number of nitrogens with one attached hydrogen (secondary N) is 4. The van der Waals surface area contributed by atoms with E-state index in [4.69, 9.17) is 9.52 Å². The van der Waals surface area contributed by atoms with E-state index in [2.05, 4.69) is 40.9 Å². The zero-order valence-corrected chi connectivity index (χ0v) is 16.3. The predicted octanol–water partition coefficient (Wildman–Crippen LogP) is 1.50. The summed E-state index contributed by atoms with van der Waals surface area (Å²) in [6.45, 7) is 2.72. The molecule has 2 unspecified atom stereocenters. The Morgan fingerprint density at radius 2 is 2.30 bits per heavy atom. The lowest BCUT2D eigenvalue weighted by atomic mass is 10.1. The van der Waals surface area contributed by atoms with Gasteiger partial charge in [-0.2, -0.15) is 5.10 Å². The van der Waals surface area contributed by atoms with Crippen LogP contribution in [0.1, 0.15) is 30.3 Å². The van der Waals surface area contributed by atoms with Gasteiger partial charge in [-0.25, -0.2) is 14.9 Å². The van der Waals surface area contributed by atoms with Gasteiger partial charge in [0, 0.05) is 49.2 Å². The minimum absolute atomic E-state index is 0.0993. The average molecular weight is 407 g/mol. The third-order valence-electron chi connectivity index (χ3n) is 5.21. The number of hydrogen-bond acceptors (Lipinski definition) is 9. The topological polar surface area (TPSA) is 140 Å². The maximum atomic E-state index is 12.1. The van der Waals surface area contributed by atoms with Crippen molar-refractivity contribution in [3.05, 3.63) is 58.6 Å². The van der Waals surface area contributed by atoms with Crippen LogP contribution in [0.15, 0.2) is 51.1 Å². The molecule has 0 saturated carbocycles. The molecule has 0 aliphatic carbocycles.